The molecule has 0 bridgehead atoms. The molecule has 5 nitrogen and oxygen atoms in total. The molecule has 0 fully saturated rings. The van der Waals surface area contributed by atoms with Crippen molar-refractivity contribution in [1.29, 1.82) is 0 Å². The number of nitrogens with one attached hydrogen (secondary N) is 2. The highest BCUT2D eigenvalue weighted by Crippen LogP contribution is 2.17. The molecule has 3 aromatic rings. The number of benzene rings is 2. The Morgan fingerprint density at radius 3 is 2.50 bits per heavy atom. The number of carbonyl (C=O) groups is 2. The molecule has 130 valence electrons. The lowest BCUT2D eigenvalue weighted by Gasteiger charge is -2.08. The maximum Gasteiger partial charge on any atom is 0.274 e. The van der Waals surface area contributed by atoms with E-state index in [-0.39, 0.29) is 16.9 Å². The number of anilines is 2. The number of amides is 2. The smallest absolute Gasteiger partial charge is 0.274 e. The van der Waals surface area contributed by atoms with Crippen molar-refractivity contribution in [3.8, 4) is 0 Å². The van der Waals surface area contributed by atoms with Crippen molar-refractivity contribution in [1.82, 2.24) is 4.98 Å². The van der Waals surface area contributed by atoms with E-state index in [0.717, 1.165) is 0 Å². The van der Waals surface area contributed by atoms with Gasteiger partial charge in [0.15, 0.2) is 0 Å². The van der Waals surface area contributed by atoms with Crippen LogP contribution in [-0.2, 0) is 0 Å². The third-order valence-corrected chi connectivity index (χ3v) is 3.69. The molecule has 0 spiro atoms. The number of pyridine rings is 1. The fourth-order valence-corrected chi connectivity index (χ4v) is 2.40. The van der Waals surface area contributed by atoms with Crippen LogP contribution in [0.25, 0.3) is 0 Å². The molecule has 0 aliphatic carbocycles. The Bertz CT molecular complexity index is 978. The summed E-state index contributed by atoms with van der Waals surface area (Å²) in [5.41, 5.74) is 0.787. The summed E-state index contributed by atoms with van der Waals surface area (Å²) in [5, 5.41) is 5.59. The number of rotatable bonds is 4. The van der Waals surface area contributed by atoms with E-state index in [1.54, 1.807) is 30.3 Å². The van der Waals surface area contributed by atoms with Crippen LogP contribution in [0.5, 0.6) is 0 Å². The SMILES string of the molecule is O=C(Nc1ccccc1F)c1ccnc(C(=O)Nc2cccc(Cl)c2)c1. The van der Waals surface area contributed by atoms with Gasteiger partial charge in [-0.25, -0.2) is 4.39 Å². The summed E-state index contributed by atoms with van der Waals surface area (Å²) in [5.74, 6) is -1.59. The lowest BCUT2D eigenvalue weighted by Crippen LogP contribution is -2.17. The second-order valence-electron chi connectivity index (χ2n) is 5.33. The predicted molar refractivity (Wildman–Crippen MR) is 98.0 cm³/mol. The standard InChI is InChI=1S/C19H13ClFN3O2/c20-13-4-3-5-14(11-13)23-19(26)17-10-12(8-9-22-17)18(25)24-16-7-2-1-6-15(16)21/h1-11H,(H,23,26)(H,24,25). The van der Waals surface area contributed by atoms with Gasteiger partial charge in [-0.1, -0.05) is 29.8 Å². The van der Waals surface area contributed by atoms with Crippen LogP contribution < -0.4 is 10.6 Å². The Balaban J connectivity index is 1.76. The molecule has 0 atom stereocenters. The Kier molecular flexibility index (Phi) is 5.24. The van der Waals surface area contributed by atoms with Gasteiger partial charge in [0.05, 0.1) is 5.69 Å². The van der Waals surface area contributed by atoms with Crippen LogP contribution in [0.15, 0.2) is 66.9 Å². The van der Waals surface area contributed by atoms with Gasteiger partial charge in [0.25, 0.3) is 11.8 Å². The summed E-state index contributed by atoms with van der Waals surface area (Å²) in [6.45, 7) is 0. The van der Waals surface area contributed by atoms with Gasteiger partial charge in [-0.3, -0.25) is 14.6 Å². The number of hydrogen-bond acceptors (Lipinski definition) is 3. The minimum Gasteiger partial charge on any atom is -0.321 e. The van der Waals surface area contributed by atoms with Crippen LogP contribution in [0.4, 0.5) is 15.8 Å². The maximum absolute atomic E-state index is 13.6. The Hall–Kier alpha value is -3.25. The van der Waals surface area contributed by atoms with Gasteiger partial charge in [-0.15, -0.1) is 0 Å². The summed E-state index contributed by atoms with van der Waals surface area (Å²) in [6.07, 6.45) is 1.34. The highest BCUT2D eigenvalue weighted by atomic mass is 35.5. The molecule has 2 aromatic carbocycles. The molecule has 1 aromatic heterocycles. The highest BCUT2D eigenvalue weighted by molar-refractivity contribution is 6.31. The molecule has 0 aliphatic heterocycles. The van der Waals surface area contributed by atoms with Crippen LogP contribution in [0.1, 0.15) is 20.8 Å². The Morgan fingerprint density at radius 2 is 1.73 bits per heavy atom. The van der Waals surface area contributed by atoms with Crippen LogP contribution in [0, 0.1) is 5.82 Å². The average Bonchev–Trinajstić information content (AvgIpc) is 2.63. The minimum absolute atomic E-state index is 0.0474. The first-order chi connectivity index (χ1) is 12.5. The van der Waals surface area contributed by atoms with Crippen LogP contribution >= 0.6 is 11.6 Å². The molecule has 3 rings (SSSR count). The van der Waals surface area contributed by atoms with Crippen LogP contribution in [0.3, 0.4) is 0 Å². The first kappa shape index (κ1) is 17.6. The van der Waals surface area contributed by atoms with Gasteiger partial charge in [0.1, 0.15) is 11.5 Å². The normalized spacial score (nSPS) is 10.2. The van der Waals surface area contributed by atoms with Gasteiger partial charge in [-0.05, 0) is 42.5 Å². The zero-order chi connectivity index (χ0) is 18.5. The fourth-order valence-electron chi connectivity index (χ4n) is 2.21. The van der Waals surface area contributed by atoms with Crippen LogP contribution in [-0.4, -0.2) is 16.8 Å². The molecular formula is C19H13ClFN3O2. The molecule has 0 saturated carbocycles. The van der Waals surface area contributed by atoms with E-state index >= 15 is 0 Å². The lowest BCUT2D eigenvalue weighted by molar-refractivity contribution is 0.102. The average molecular weight is 370 g/mol. The molecular weight excluding hydrogens is 357 g/mol. The second kappa shape index (κ2) is 7.76. The van der Waals surface area contributed by atoms with Gasteiger partial charge in [0, 0.05) is 22.5 Å². The number of hydrogen-bond donors (Lipinski definition) is 2. The number of aromatic nitrogens is 1. The molecule has 2 N–H and O–H groups in total. The topological polar surface area (TPSA) is 71.1 Å². The van der Waals surface area contributed by atoms with Crippen LogP contribution in [0.2, 0.25) is 5.02 Å². The largest absolute Gasteiger partial charge is 0.321 e. The molecule has 2 amide bonds. The maximum atomic E-state index is 13.6. The summed E-state index contributed by atoms with van der Waals surface area (Å²) < 4.78 is 13.6. The van der Waals surface area contributed by atoms with Crippen molar-refractivity contribution in [3.05, 3.63) is 89.0 Å². The van der Waals surface area contributed by atoms with E-state index < -0.39 is 17.6 Å². The quantitative estimate of drug-likeness (QED) is 0.717. The molecule has 26 heavy (non-hydrogen) atoms. The monoisotopic (exact) mass is 369 g/mol. The highest BCUT2D eigenvalue weighted by Gasteiger charge is 2.13. The van der Waals surface area contributed by atoms with Gasteiger partial charge < -0.3 is 10.6 Å². The van der Waals surface area contributed by atoms with Crippen molar-refractivity contribution in [2.75, 3.05) is 10.6 Å². The number of halogens is 2. The van der Waals surface area contributed by atoms with E-state index in [9.17, 15) is 14.0 Å². The van der Waals surface area contributed by atoms with E-state index in [0.29, 0.717) is 10.7 Å². The van der Waals surface area contributed by atoms with E-state index in [1.807, 2.05) is 0 Å². The molecule has 0 aliphatic rings. The third-order valence-electron chi connectivity index (χ3n) is 3.46. The first-order valence-corrected chi connectivity index (χ1v) is 7.99. The van der Waals surface area contributed by atoms with E-state index in [2.05, 4.69) is 15.6 Å². The van der Waals surface area contributed by atoms with Crippen molar-refractivity contribution in [2.24, 2.45) is 0 Å². The summed E-state index contributed by atoms with van der Waals surface area (Å²) in [7, 11) is 0. The lowest BCUT2D eigenvalue weighted by atomic mass is 10.2. The number of carbonyl (C=O) groups excluding carboxylic acids is 2. The molecule has 7 heteroatoms. The van der Waals surface area contributed by atoms with E-state index in [1.165, 1.54) is 36.5 Å². The summed E-state index contributed by atoms with van der Waals surface area (Å²) in [4.78, 5) is 28.6. The summed E-state index contributed by atoms with van der Waals surface area (Å²) in [6, 6.07) is 15.2. The zero-order valence-corrected chi connectivity index (χ0v) is 14.1. The fraction of sp³-hybridized carbons (Fsp3) is 0. The zero-order valence-electron chi connectivity index (χ0n) is 13.4. The second-order valence-corrected chi connectivity index (χ2v) is 5.76. The Labute approximate surface area is 153 Å². The number of para-hydroxylation sites is 1. The number of nitrogens with zero attached hydrogens (tertiary/aromatic N) is 1. The van der Waals surface area contributed by atoms with Crippen molar-refractivity contribution >= 4 is 34.8 Å². The van der Waals surface area contributed by atoms with Gasteiger partial charge >= 0.3 is 0 Å². The minimum atomic E-state index is -0.547. The van der Waals surface area contributed by atoms with E-state index in [4.69, 9.17) is 11.6 Å². The summed E-state index contributed by atoms with van der Waals surface area (Å²) >= 11 is 5.88. The molecule has 0 radical (unpaired) electrons. The third kappa shape index (κ3) is 4.23. The van der Waals surface area contributed by atoms with Gasteiger partial charge in [0.2, 0.25) is 0 Å². The van der Waals surface area contributed by atoms with Crippen molar-refractivity contribution in [2.45, 2.75) is 0 Å². The first-order valence-electron chi connectivity index (χ1n) is 7.62. The predicted octanol–water partition coefficient (Wildman–Crippen LogP) is 4.38. The van der Waals surface area contributed by atoms with Crippen molar-refractivity contribution < 1.29 is 14.0 Å². The van der Waals surface area contributed by atoms with Crippen molar-refractivity contribution in [3.63, 3.8) is 0 Å². The molecule has 0 saturated heterocycles. The van der Waals surface area contributed by atoms with Gasteiger partial charge in [-0.2, -0.15) is 0 Å². The Morgan fingerprint density at radius 1 is 0.923 bits per heavy atom. The molecule has 1 heterocycles. The molecule has 0 unspecified atom stereocenters.